The van der Waals surface area contributed by atoms with Crippen LogP contribution in [0.3, 0.4) is 0 Å². The number of hydrogen-bond donors (Lipinski definition) is 0. The predicted octanol–water partition coefficient (Wildman–Crippen LogP) is 2.88. The Balaban J connectivity index is 1.83. The van der Waals surface area contributed by atoms with Crippen molar-refractivity contribution in [2.24, 2.45) is 5.16 Å². The molecule has 0 saturated heterocycles. The van der Waals surface area contributed by atoms with Crippen molar-refractivity contribution in [1.82, 2.24) is 10.1 Å². The lowest BCUT2D eigenvalue weighted by molar-refractivity contribution is 0.0599. The first-order chi connectivity index (χ1) is 8.72. The minimum absolute atomic E-state index is 0.239. The summed E-state index contributed by atoms with van der Waals surface area (Å²) in [6, 6.07) is 7.98. The molecule has 1 aliphatic rings. The summed E-state index contributed by atoms with van der Waals surface area (Å²) in [5.74, 6) is 1.06. The van der Waals surface area contributed by atoms with E-state index >= 15 is 0 Å². The third-order valence-corrected chi connectivity index (χ3v) is 2.84. The maximum Gasteiger partial charge on any atom is 0.271 e. The van der Waals surface area contributed by atoms with Crippen molar-refractivity contribution in [3.8, 4) is 11.4 Å². The van der Waals surface area contributed by atoms with Gasteiger partial charge in [-0.3, -0.25) is 0 Å². The second-order valence-electron chi connectivity index (χ2n) is 4.45. The Bertz CT molecular complexity index is 587. The summed E-state index contributed by atoms with van der Waals surface area (Å²) >= 11 is 0. The molecule has 0 amide bonds. The first kappa shape index (κ1) is 11.0. The van der Waals surface area contributed by atoms with E-state index in [0.29, 0.717) is 18.1 Å². The molecule has 1 aromatic heterocycles. The Kier molecular flexibility index (Phi) is 2.59. The smallest absolute Gasteiger partial charge is 0.271 e. The molecule has 0 radical (unpaired) electrons. The fourth-order valence-corrected chi connectivity index (χ4v) is 1.81. The molecule has 2 aromatic rings. The van der Waals surface area contributed by atoms with Crippen LogP contribution in [-0.2, 0) is 4.84 Å². The van der Waals surface area contributed by atoms with E-state index in [9.17, 15) is 0 Å². The van der Waals surface area contributed by atoms with Crippen LogP contribution in [0.15, 0.2) is 33.9 Å². The minimum atomic E-state index is -0.239. The molecule has 3 rings (SSSR count). The molecule has 1 aliphatic heterocycles. The van der Waals surface area contributed by atoms with Gasteiger partial charge in [0.05, 0.1) is 5.71 Å². The quantitative estimate of drug-likeness (QED) is 0.813. The SMILES string of the molecule is CC1=NOC(c2nc(-c3ccc(C)cc3)no2)C1. The number of benzene rings is 1. The van der Waals surface area contributed by atoms with Crippen LogP contribution in [-0.4, -0.2) is 15.9 Å². The average Bonchev–Trinajstić information content (AvgIpc) is 2.98. The van der Waals surface area contributed by atoms with Crippen LogP contribution < -0.4 is 0 Å². The first-order valence-corrected chi connectivity index (χ1v) is 5.82. The number of aromatic nitrogens is 2. The Morgan fingerprint density at radius 1 is 1.17 bits per heavy atom. The lowest BCUT2D eigenvalue weighted by Crippen LogP contribution is -1.98. The van der Waals surface area contributed by atoms with E-state index in [-0.39, 0.29) is 6.10 Å². The van der Waals surface area contributed by atoms with Gasteiger partial charge < -0.3 is 9.36 Å². The Morgan fingerprint density at radius 3 is 2.61 bits per heavy atom. The van der Waals surface area contributed by atoms with Gasteiger partial charge in [0.25, 0.3) is 5.89 Å². The van der Waals surface area contributed by atoms with Crippen molar-refractivity contribution in [3.05, 3.63) is 35.7 Å². The van der Waals surface area contributed by atoms with Crippen LogP contribution >= 0.6 is 0 Å². The molecule has 0 fully saturated rings. The topological polar surface area (TPSA) is 60.5 Å². The summed E-state index contributed by atoms with van der Waals surface area (Å²) in [5.41, 5.74) is 3.08. The molecule has 1 unspecified atom stereocenters. The highest BCUT2D eigenvalue weighted by Gasteiger charge is 2.26. The molecule has 0 aliphatic carbocycles. The summed E-state index contributed by atoms with van der Waals surface area (Å²) in [4.78, 5) is 9.56. The molecule has 2 heterocycles. The van der Waals surface area contributed by atoms with Crippen molar-refractivity contribution in [2.75, 3.05) is 0 Å². The number of aryl methyl sites for hydroxylation is 1. The molecule has 1 atom stereocenters. The van der Waals surface area contributed by atoms with Gasteiger partial charge in [-0.15, -0.1) is 0 Å². The molecule has 18 heavy (non-hydrogen) atoms. The van der Waals surface area contributed by atoms with Crippen molar-refractivity contribution in [1.29, 1.82) is 0 Å². The van der Waals surface area contributed by atoms with E-state index in [0.717, 1.165) is 11.3 Å². The number of hydrogen-bond acceptors (Lipinski definition) is 5. The Morgan fingerprint density at radius 2 is 1.94 bits per heavy atom. The maximum atomic E-state index is 5.22. The highest BCUT2D eigenvalue weighted by molar-refractivity contribution is 5.82. The second kappa shape index (κ2) is 4.25. The van der Waals surface area contributed by atoms with E-state index < -0.39 is 0 Å². The minimum Gasteiger partial charge on any atom is -0.382 e. The number of nitrogens with zero attached hydrogens (tertiary/aromatic N) is 3. The van der Waals surface area contributed by atoms with Gasteiger partial charge in [-0.25, -0.2) is 0 Å². The molecule has 1 aromatic carbocycles. The first-order valence-electron chi connectivity index (χ1n) is 5.82. The zero-order chi connectivity index (χ0) is 12.5. The number of oxime groups is 1. The van der Waals surface area contributed by atoms with Gasteiger partial charge in [0, 0.05) is 12.0 Å². The van der Waals surface area contributed by atoms with Crippen molar-refractivity contribution < 1.29 is 9.36 Å². The lowest BCUT2D eigenvalue weighted by atomic mass is 10.1. The molecule has 5 nitrogen and oxygen atoms in total. The van der Waals surface area contributed by atoms with Crippen LogP contribution in [0.1, 0.15) is 30.9 Å². The zero-order valence-electron chi connectivity index (χ0n) is 10.3. The number of rotatable bonds is 2. The predicted molar refractivity (Wildman–Crippen MR) is 66.0 cm³/mol. The third kappa shape index (κ3) is 1.99. The lowest BCUT2D eigenvalue weighted by Gasteiger charge is -1.99. The van der Waals surface area contributed by atoms with E-state index in [1.165, 1.54) is 5.56 Å². The Labute approximate surface area is 104 Å². The summed E-state index contributed by atoms with van der Waals surface area (Å²) in [6.07, 6.45) is 0.465. The van der Waals surface area contributed by atoms with Gasteiger partial charge in [-0.05, 0) is 13.8 Å². The molecule has 0 N–H and O–H groups in total. The molecule has 0 spiro atoms. The molecule has 0 bridgehead atoms. The van der Waals surface area contributed by atoms with Gasteiger partial charge in [-0.1, -0.05) is 40.1 Å². The molecule has 0 saturated carbocycles. The monoisotopic (exact) mass is 243 g/mol. The van der Waals surface area contributed by atoms with Gasteiger partial charge in [0.1, 0.15) is 0 Å². The van der Waals surface area contributed by atoms with Crippen molar-refractivity contribution in [2.45, 2.75) is 26.4 Å². The van der Waals surface area contributed by atoms with Crippen LogP contribution in [0.2, 0.25) is 0 Å². The third-order valence-electron chi connectivity index (χ3n) is 2.84. The molecule has 92 valence electrons. The van der Waals surface area contributed by atoms with E-state index in [1.807, 2.05) is 38.1 Å². The fraction of sp³-hybridized carbons (Fsp3) is 0.308. The Hall–Kier alpha value is -2.17. The van der Waals surface area contributed by atoms with Crippen molar-refractivity contribution in [3.63, 3.8) is 0 Å². The van der Waals surface area contributed by atoms with Gasteiger partial charge in [0.2, 0.25) is 11.9 Å². The van der Waals surface area contributed by atoms with Crippen LogP contribution in [0.25, 0.3) is 11.4 Å². The summed E-state index contributed by atoms with van der Waals surface area (Å²) < 4.78 is 5.22. The fourth-order valence-electron chi connectivity index (χ4n) is 1.81. The summed E-state index contributed by atoms with van der Waals surface area (Å²) in [5, 5.41) is 7.85. The van der Waals surface area contributed by atoms with Crippen LogP contribution in [0.4, 0.5) is 0 Å². The normalized spacial score (nSPS) is 18.6. The maximum absolute atomic E-state index is 5.22. The zero-order valence-corrected chi connectivity index (χ0v) is 10.3. The highest BCUT2D eigenvalue weighted by Crippen LogP contribution is 2.27. The van der Waals surface area contributed by atoms with Gasteiger partial charge in [0.15, 0.2) is 0 Å². The second-order valence-corrected chi connectivity index (χ2v) is 4.45. The standard InChI is InChI=1S/C13H13N3O2/c1-8-3-5-10(6-4-8)12-14-13(18-16-12)11-7-9(2)15-17-11/h3-6,11H,7H2,1-2H3. The molecular weight excluding hydrogens is 230 g/mol. The van der Waals surface area contributed by atoms with E-state index in [1.54, 1.807) is 0 Å². The summed E-state index contributed by atoms with van der Waals surface area (Å²) in [7, 11) is 0. The van der Waals surface area contributed by atoms with Crippen LogP contribution in [0.5, 0.6) is 0 Å². The van der Waals surface area contributed by atoms with Crippen molar-refractivity contribution >= 4 is 5.71 Å². The van der Waals surface area contributed by atoms with Gasteiger partial charge in [-0.2, -0.15) is 4.98 Å². The van der Waals surface area contributed by atoms with E-state index in [2.05, 4.69) is 15.3 Å². The average molecular weight is 243 g/mol. The largest absolute Gasteiger partial charge is 0.382 e. The molecule has 5 heteroatoms. The summed E-state index contributed by atoms with van der Waals surface area (Å²) in [6.45, 7) is 3.95. The highest BCUT2D eigenvalue weighted by atomic mass is 16.7. The van der Waals surface area contributed by atoms with Crippen LogP contribution in [0, 0.1) is 6.92 Å². The van der Waals surface area contributed by atoms with Gasteiger partial charge >= 0.3 is 0 Å². The van der Waals surface area contributed by atoms with E-state index in [4.69, 9.17) is 9.36 Å². The molecular formula is C13H13N3O2.